The van der Waals surface area contributed by atoms with Crippen LogP contribution in [-0.2, 0) is 19.5 Å². The Kier molecular flexibility index (Phi) is 5.73. The van der Waals surface area contributed by atoms with Gasteiger partial charge in [0.2, 0.25) is 17.1 Å². The van der Waals surface area contributed by atoms with Crippen molar-refractivity contribution in [3.8, 4) is 11.3 Å². The zero-order valence-corrected chi connectivity index (χ0v) is 20.4. The van der Waals surface area contributed by atoms with Gasteiger partial charge in [-0.2, -0.15) is 4.57 Å². The number of aryl methyl sites for hydroxylation is 5. The lowest BCUT2D eigenvalue weighted by molar-refractivity contribution is -0.692. The first-order valence-corrected chi connectivity index (χ1v) is 11.3. The number of pyridine rings is 2. The third kappa shape index (κ3) is 3.64. The molecule has 2 aromatic carbocycles. The maximum atomic E-state index is 2.38. The van der Waals surface area contributed by atoms with Crippen molar-refractivity contribution in [2.24, 2.45) is 14.1 Å². The van der Waals surface area contributed by atoms with Gasteiger partial charge in [0.15, 0.2) is 11.6 Å². The molecule has 0 aliphatic heterocycles. The average molecular weight is 423 g/mol. The summed E-state index contributed by atoms with van der Waals surface area (Å²) in [5, 5.41) is 0. The summed E-state index contributed by atoms with van der Waals surface area (Å²) in [5.74, 6) is 0. The van der Waals surface area contributed by atoms with Gasteiger partial charge >= 0.3 is 0 Å². The average Bonchev–Trinajstić information content (AvgIpc) is 2.76. The highest BCUT2D eigenvalue weighted by molar-refractivity contribution is 5.62. The zero-order chi connectivity index (χ0) is 23.0. The molecule has 0 bridgehead atoms. The Morgan fingerprint density at radius 1 is 0.656 bits per heavy atom. The van der Waals surface area contributed by atoms with Crippen LogP contribution < -0.4 is 9.13 Å². The van der Waals surface area contributed by atoms with Crippen LogP contribution in [0.2, 0.25) is 0 Å². The van der Waals surface area contributed by atoms with Gasteiger partial charge in [-0.1, -0.05) is 47.5 Å². The topological polar surface area (TPSA) is 7.76 Å². The number of benzene rings is 2. The van der Waals surface area contributed by atoms with Gasteiger partial charge in [0, 0.05) is 29.8 Å². The van der Waals surface area contributed by atoms with E-state index in [0.717, 1.165) is 0 Å². The van der Waals surface area contributed by atoms with Gasteiger partial charge in [-0.05, 0) is 63.4 Å². The summed E-state index contributed by atoms with van der Waals surface area (Å²) in [6, 6.07) is 26.7. The van der Waals surface area contributed by atoms with Crippen LogP contribution in [0.5, 0.6) is 0 Å². The van der Waals surface area contributed by atoms with Gasteiger partial charge in [0.05, 0.1) is 0 Å². The van der Waals surface area contributed by atoms with Gasteiger partial charge in [0.1, 0.15) is 14.1 Å². The van der Waals surface area contributed by atoms with Gasteiger partial charge in [-0.3, -0.25) is 0 Å². The Morgan fingerprint density at radius 3 is 2.06 bits per heavy atom. The molecule has 162 valence electrons. The van der Waals surface area contributed by atoms with Crippen molar-refractivity contribution in [3.63, 3.8) is 0 Å². The smallest absolute Gasteiger partial charge is 0.204 e. The minimum Gasteiger partial charge on any atom is -0.204 e. The van der Waals surface area contributed by atoms with Crippen LogP contribution in [-0.4, -0.2) is 0 Å². The van der Waals surface area contributed by atoms with E-state index >= 15 is 0 Å². The molecule has 0 amide bonds. The van der Waals surface area contributed by atoms with E-state index in [1.807, 2.05) is 0 Å². The Hall–Kier alpha value is -3.26. The van der Waals surface area contributed by atoms with Crippen molar-refractivity contribution < 1.29 is 9.13 Å². The lowest BCUT2D eigenvalue weighted by Crippen LogP contribution is -2.50. The third-order valence-corrected chi connectivity index (χ3v) is 6.90. The SMILES string of the molecule is Cc1ccc(-c2cccc(C(C)(c3cc(C)ccc3C)c3cccc[n+]3C)[n+]2C)c(C)c1. The molecule has 0 aliphatic rings. The van der Waals surface area contributed by atoms with Crippen molar-refractivity contribution in [1.29, 1.82) is 0 Å². The molecule has 2 heteroatoms. The minimum absolute atomic E-state index is 0.324. The highest BCUT2D eigenvalue weighted by Crippen LogP contribution is 2.38. The van der Waals surface area contributed by atoms with Crippen LogP contribution in [0.25, 0.3) is 11.3 Å². The maximum absolute atomic E-state index is 2.38. The first-order chi connectivity index (χ1) is 15.2. The first-order valence-electron chi connectivity index (χ1n) is 11.3. The molecule has 1 unspecified atom stereocenters. The molecule has 0 spiro atoms. The van der Waals surface area contributed by atoms with Gasteiger partial charge < -0.3 is 0 Å². The second kappa shape index (κ2) is 8.35. The van der Waals surface area contributed by atoms with E-state index in [1.165, 1.54) is 50.5 Å². The van der Waals surface area contributed by atoms with E-state index in [1.54, 1.807) is 0 Å². The molecule has 4 aromatic rings. The Labute approximate surface area is 192 Å². The van der Waals surface area contributed by atoms with E-state index in [0.29, 0.717) is 0 Å². The molecule has 4 rings (SSSR count). The van der Waals surface area contributed by atoms with Gasteiger partial charge in [-0.25, -0.2) is 4.57 Å². The number of aromatic nitrogens is 2. The summed E-state index contributed by atoms with van der Waals surface area (Å²) in [7, 11) is 4.35. The van der Waals surface area contributed by atoms with E-state index in [9.17, 15) is 0 Å². The summed E-state index contributed by atoms with van der Waals surface area (Å²) >= 11 is 0. The molecule has 2 aromatic heterocycles. The van der Waals surface area contributed by atoms with E-state index in [2.05, 4.69) is 137 Å². The summed E-state index contributed by atoms with van der Waals surface area (Å²) in [6.45, 7) is 11.1. The van der Waals surface area contributed by atoms with Crippen LogP contribution in [0.4, 0.5) is 0 Å². The van der Waals surface area contributed by atoms with Crippen molar-refractivity contribution in [3.05, 3.63) is 118 Å². The van der Waals surface area contributed by atoms with Crippen LogP contribution in [0, 0.1) is 27.7 Å². The number of hydrogen-bond acceptors (Lipinski definition) is 0. The molecule has 0 aliphatic carbocycles. The summed E-state index contributed by atoms with van der Waals surface area (Å²) < 4.78 is 4.64. The lowest BCUT2D eigenvalue weighted by atomic mass is 9.73. The van der Waals surface area contributed by atoms with E-state index in [4.69, 9.17) is 0 Å². The number of hydrogen-bond donors (Lipinski definition) is 0. The number of rotatable bonds is 4. The van der Waals surface area contributed by atoms with Gasteiger partial charge in [-0.15, -0.1) is 0 Å². The lowest BCUT2D eigenvalue weighted by Gasteiger charge is -2.28. The van der Waals surface area contributed by atoms with Crippen molar-refractivity contribution in [1.82, 2.24) is 0 Å². The second-order valence-electron chi connectivity index (χ2n) is 9.31. The third-order valence-electron chi connectivity index (χ3n) is 6.90. The first kappa shape index (κ1) is 22.0. The van der Waals surface area contributed by atoms with Crippen LogP contribution in [0.15, 0.2) is 79.0 Å². The van der Waals surface area contributed by atoms with Gasteiger partial charge in [0.25, 0.3) is 0 Å². The highest BCUT2D eigenvalue weighted by Gasteiger charge is 2.45. The van der Waals surface area contributed by atoms with Crippen molar-refractivity contribution >= 4 is 0 Å². The fourth-order valence-corrected chi connectivity index (χ4v) is 5.18. The molecule has 2 nitrogen and oxygen atoms in total. The van der Waals surface area contributed by atoms with Crippen molar-refractivity contribution in [2.45, 2.75) is 40.0 Å². The highest BCUT2D eigenvalue weighted by atomic mass is 15.0. The zero-order valence-electron chi connectivity index (χ0n) is 20.4. The fraction of sp³-hybridized carbons (Fsp3) is 0.267. The molecule has 0 radical (unpaired) electrons. The number of nitrogens with zero attached hydrogens (tertiary/aromatic N) is 2. The molecule has 0 saturated heterocycles. The Morgan fingerprint density at radius 2 is 1.34 bits per heavy atom. The Balaban J connectivity index is 2.06. The predicted molar refractivity (Wildman–Crippen MR) is 132 cm³/mol. The molecule has 0 saturated carbocycles. The van der Waals surface area contributed by atoms with Crippen LogP contribution in [0.1, 0.15) is 46.1 Å². The summed E-state index contributed by atoms with van der Waals surface area (Å²) in [6.07, 6.45) is 2.15. The predicted octanol–water partition coefficient (Wildman–Crippen LogP) is 5.59. The standard InChI is InChI=1S/C30H34N2/c1-21-15-17-25(24(4)19-21)27-11-10-13-29(32(27)7)30(5,28-12-8-9-18-31(28)6)26-20-22(2)14-16-23(26)3/h8-20H,1-7H3/q+2. The Bertz CT molecular complexity index is 1300. The summed E-state index contributed by atoms with van der Waals surface area (Å²) in [5.41, 5.74) is 11.2. The molecule has 1 atom stereocenters. The molecular weight excluding hydrogens is 388 g/mol. The fourth-order valence-electron chi connectivity index (χ4n) is 5.18. The molecule has 0 fully saturated rings. The quantitative estimate of drug-likeness (QED) is 0.379. The largest absolute Gasteiger partial charge is 0.212 e. The normalized spacial score (nSPS) is 13.1. The molecule has 2 heterocycles. The van der Waals surface area contributed by atoms with Crippen LogP contribution in [0.3, 0.4) is 0 Å². The van der Waals surface area contributed by atoms with E-state index < -0.39 is 0 Å². The van der Waals surface area contributed by atoms with Crippen molar-refractivity contribution in [2.75, 3.05) is 0 Å². The monoisotopic (exact) mass is 422 g/mol. The molecular formula is C30H34N2+2. The van der Waals surface area contributed by atoms with E-state index in [-0.39, 0.29) is 5.41 Å². The van der Waals surface area contributed by atoms with Crippen LogP contribution >= 0.6 is 0 Å². The second-order valence-corrected chi connectivity index (χ2v) is 9.31. The minimum atomic E-state index is -0.324. The molecule has 32 heavy (non-hydrogen) atoms. The maximum Gasteiger partial charge on any atom is 0.212 e. The molecule has 0 N–H and O–H groups in total. The summed E-state index contributed by atoms with van der Waals surface area (Å²) in [4.78, 5) is 0.